The van der Waals surface area contributed by atoms with Gasteiger partial charge in [0.05, 0.1) is 6.54 Å². The number of carbonyl (C=O) groups excluding carboxylic acids is 2. The molecule has 0 aromatic heterocycles. The van der Waals surface area contributed by atoms with Gasteiger partial charge in [0.25, 0.3) is 5.91 Å². The minimum Gasteiger partial charge on any atom is -0.383 e. The van der Waals surface area contributed by atoms with Crippen LogP contribution in [0.4, 0.5) is 0 Å². The first-order valence-electron chi connectivity index (χ1n) is 6.83. The second-order valence-corrected chi connectivity index (χ2v) is 5.50. The molecule has 2 unspecified atom stereocenters. The number of amides is 1. The summed E-state index contributed by atoms with van der Waals surface area (Å²) in [5, 5.41) is 9.51. The van der Waals surface area contributed by atoms with Gasteiger partial charge in [-0.3, -0.25) is 29.1 Å². The molecular formula is C11H23N7O4S2. The minimum absolute atomic E-state index is 0.0532. The average molecular weight is 381 g/mol. The average Bonchev–Trinajstić information content (AvgIpc) is 2.50. The van der Waals surface area contributed by atoms with Gasteiger partial charge >= 0.3 is 0 Å². The van der Waals surface area contributed by atoms with Gasteiger partial charge in [0.1, 0.15) is 6.10 Å². The summed E-state index contributed by atoms with van der Waals surface area (Å²) in [6, 6.07) is 0. The maximum atomic E-state index is 11.4. The second kappa shape index (κ2) is 12.7. The molecule has 24 heavy (non-hydrogen) atoms. The van der Waals surface area contributed by atoms with E-state index in [9.17, 15) is 14.7 Å². The van der Waals surface area contributed by atoms with Crippen molar-refractivity contribution in [3.05, 3.63) is 0 Å². The van der Waals surface area contributed by atoms with Gasteiger partial charge in [0, 0.05) is 17.5 Å². The Labute approximate surface area is 148 Å². The molecule has 138 valence electrons. The van der Waals surface area contributed by atoms with Gasteiger partial charge in [-0.2, -0.15) is 0 Å². The van der Waals surface area contributed by atoms with Crippen LogP contribution in [0.5, 0.6) is 0 Å². The van der Waals surface area contributed by atoms with Gasteiger partial charge in [-0.05, 0) is 19.8 Å². The molecule has 0 aliphatic carbocycles. The lowest BCUT2D eigenvalue weighted by Gasteiger charge is -2.13. The highest BCUT2D eigenvalue weighted by molar-refractivity contribution is 8.68. The monoisotopic (exact) mass is 381 g/mol. The first-order valence-corrected chi connectivity index (χ1v) is 8.70. The van der Waals surface area contributed by atoms with E-state index in [1.165, 1.54) is 6.92 Å². The van der Waals surface area contributed by atoms with Crippen LogP contribution < -0.4 is 27.4 Å². The lowest BCUT2D eigenvalue weighted by atomic mass is 10.2. The number of aliphatic hydroxyl groups excluding tert-OH is 1. The van der Waals surface area contributed by atoms with Crippen molar-refractivity contribution < 1.29 is 19.5 Å². The molecular weight excluding hydrogens is 358 g/mol. The van der Waals surface area contributed by atoms with E-state index in [4.69, 9.17) is 22.0 Å². The molecule has 0 radical (unpaired) electrons. The summed E-state index contributed by atoms with van der Waals surface area (Å²) in [5.41, 5.74) is 18.2. The van der Waals surface area contributed by atoms with Gasteiger partial charge in [0.15, 0.2) is 17.8 Å². The summed E-state index contributed by atoms with van der Waals surface area (Å²) in [7, 11) is 0.808. The molecule has 0 spiro atoms. The third kappa shape index (κ3) is 10.9. The van der Waals surface area contributed by atoms with E-state index in [1.807, 2.05) is 0 Å². The summed E-state index contributed by atoms with van der Waals surface area (Å²) in [5.74, 6) is -1.05. The van der Waals surface area contributed by atoms with Crippen molar-refractivity contribution >= 4 is 46.3 Å². The number of nitrogens with two attached hydrogens (primary N) is 3. The molecule has 0 aliphatic rings. The van der Waals surface area contributed by atoms with E-state index in [0.29, 0.717) is 6.42 Å². The molecule has 1 amide bonds. The number of ketones is 1. The Morgan fingerprint density at radius 3 is 2.54 bits per heavy atom. The van der Waals surface area contributed by atoms with Crippen molar-refractivity contribution in [2.45, 2.75) is 32.0 Å². The minimum atomic E-state index is -1.15. The zero-order chi connectivity index (χ0) is 18.5. The third-order valence-electron chi connectivity index (χ3n) is 2.57. The van der Waals surface area contributed by atoms with E-state index in [2.05, 4.69) is 31.8 Å². The Balaban J connectivity index is 4.15. The highest BCUT2D eigenvalue weighted by Crippen LogP contribution is 2.02. The summed E-state index contributed by atoms with van der Waals surface area (Å²) >= 11 is 3.74. The van der Waals surface area contributed by atoms with E-state index in [1.54, 1.807) is 0 Å². The number of aliphatic hydroxyl groups is 1. The van der Waals surface area contributed by atoms with Crippen LogP contribution in [0.3, 0.4) is 0 Å². The predicted molar refractivity (Wildman–Crippen MR) is 95.8 cm³/mol. The number of nitrogens with one attached hydrogen (secondary N) is 2. The van der Waals surface area contributed by atoms with Crippen LogP contribution in [0.1, 0.15) is 19.8 Å². The van der Waals surface area contributed by atoms with E-state index in [0.717, 1.165) is 11.0 Å². The third-order valence-corrected chi connectivity index (χ3v) is 3.13. The second-order valence-electron chi connectivity index (χ2n) is 4.57. The first-order chi connectivity index (χ1) is 11.3. The number of guanidine groups is 2. The molecule has 0 rings (SSSR count). The van der Waals surface area contributed by atoms with Crippen LogP contribution in [-0.2, 0) is 14.4 Å². The molecule has 0 saturated carbocycles. The number of carbonyl (C=O) groups is 2. The van der Waals surface area contributed by atoms with Crippen molar-refractivity contribution in [2.75, 3.05) is 13.1 Å². The highest BCUT2D eigenvalue weighted by atomic mass is 33.1. The molecule has 0 bridgehead atoms. The maximum Gasteiger partial charge on any atom is 0.259 e. The van der Waals surface area contributed by atoms with Crippen molar-refractivity contribution in [2.24, 2.45) is 27.2 Å². The fraction of sp³-hybridized carbons (Fsp3) is 0.636. The zero-order valence-electron chi connectivity index (χ0n) is 13.1. The topological polar surface area (TPSA) is 190 Å². The Morgan fingerprint density at radius 2 is 2.00 bits per heavy atom. The zero-order valence-corrected chi connectivity index (χ0v) is 14.8. The summed E-state index contributed by atoms with van der Waals surface area (Å²) < 4.78 is 2.30. The maximum absolute atomic E-state index is 11.4. The van der Waals surface area contributed by atoms with E-state index in [-0.39, 0.29) is 37.2 Å². The Morgan fingerprint density at radius 1 is 1.33 bits per heavy atom. The van der Waals surface area contributed by atoms with Crippen molar-refractivity contribution in [3.8, 4) is 0 Å². The van der Waals surface area contributed by atoms with Gasteiger partial charge in [-0.15, -0.1) is 0 Å². The Hall–Kier alpha value is -1.70. The number of hydrogen-bond donors (Lipinski definition) is 7. The van der Waals surface area contributed by atoms with E-state index < -0.39 is 18.1 Å². The van der Waals surface area contributed by atoms with Crippen LogP contribution in [-0.4, -0.2) is 54.0 Å². The highest BCUT2D eigenvalue weighted by Gasteiger charge is 2.16. The predicted octanol–water partition coefficient (Wildman–Crippen LogP) is -2.20. The fourth-order valence-corrected chi connectivity index (χ4v) is 1.83. The Bertz CT molecular complexity index is 471. The number of Topliss-reactive ketones (excluding diaryl/α,β-unsaturated/α-hetero) is 1. The van der Waals surface area contributed by atoms with Crippen molar-refractivity contribution in [1.82, 2.24) is 10.2 Å². The van der Waals surface area contributed by atoms with Crippen LogP contribution in [0.2, 0.25) is 0 Å². The molecule has 0 heterocycles. The molecule has 0 aromatic carbocycles. The van der Waals surface area contributed by atoms with Gasteiger partial charge in [-0.1, -0.05) is 11.7 Å². The summed E-state index contributed by atoms with van der Waals surface area (Å²) in [6.45, 7) is 1.51. The molecule has 0 fully saturated rings. The fourth-order valence-electron chi connectivity index (χ4n) is 1.33. The lowest BCUT2D eigenvalue weighted by molar-refractivity contribution is -0.130. The largest absolute Gasteiger partial charge is 0.383 e. The number of aliphatic imine (C=N–C) groups is 2. The van der Waals surface area contributed by atoms with Crippen LogP contribution in [0.25, 0.3) is 0 Å². The molecule has 9 N–H and O–H groups in total. The quantitative estimate of drug-likeness (QED) is 0.0396. The van der Waals surface area contributed by atoms with Crippen LogP contribution in [0, 0.1) is 0 Å². The van der Waals surface area contributed by atoms with Gasteiger partial charge in [-0.25, -0.2) is 5.48 Å². The smallest absolute Gasteiger partial charge is 0.259 e. The molecule has 11 nitrogen and oxygen atoms in total. The summed E-state index contributed by atoms with van der Waals surface area (Å²) in [6.07, 6.45) is -1.44. The Kier molecular flexibility index (Phi) is 11.8. The molecule has 0 aromatic rings. The number of thiol groups is 1. The summed E-state index contributed by atoms with van der Waals surface area (Å²) in [4.78, 5) is 35.3. The molecule has 0 saturated heterocycles. The normalized spacial score (nSPS) is 13.7. The standard InChI is InChI=1S/C11H23N7O4S2/c1-6(19)8(5-16-10(12)13)22-17-11(14)15-4-2-3-7(20)9(21)18-24-23/h7-8,20,23H,2-5H2,1H3,(H,18,21)(H4,12,13,16)(H3,14,15,17). The lowest BCUT2D eigenvalue weighted by Crippen LogP contribution is -2.40. The number of hydrogen-bond acceptors (Lipinski definition) is 8. The molecule has 0 aliphatic heterocycles. The molecule has 13 heteroatoms. The van der Waals surface area contributed by atoms with Crippen molar-refractivity contribution in [3.63, 3.8) is 0 Å². The van der Waals surface area contributed by atoms with Crippen molar-refractivity contribution in [1.29, 1.82) is 0 Å². The van der Waals surface area contributed by atoms with Crippen LogP contribution >= 0.6 is 22.6 Å². The van der Waals surface area contributed by atoms with Gasteiger partial charge < -0.3 is 22.3 Å². The number of hydroxylamine groups is 1. The van der Waals surface area contributed by atoms with E-state index >= 15 is 0 Å². The van der Waals surface area contributed by atoms with Gasteiger partial charge in [0.2, 0.25) is 5.96 Å². The first kappa shape index (κ1) is 22.3. The number of nitrogens with zero attached hydrogens (tertiary/aromatic N) is 2. The SMILES string of the molecule is CC(=O)C(CN=C(N)N)ONC(N)=NCCCC(O)C(=O)NSS. The van der Waals surface area contributed by atoms with Crippen LogP contribution in [0.15, 0.2) is 9.98 Å². The molecule has 2 atom stereocenters. The number of rotatable bonds is 11.